The van der Waals surface area contributed by atoms with E-state index < -0.39 is 26.7 Å². The molecule has 9 heteroatoms. The first-order chi connectivity index (χ1) is 12.8. The minimum Gasteiger partial charge on any atom is -0.490 e. The summed E-state index contributed by atoms with van der Waals surface area (Å²) in [6, 6.07) is 9.71. The molecule has 0 aliphatic heterocycles. The summed E-state index contributed by atoms with van der Waals surface area (Å²) in [5, 5.41) is 11.1. The van der Waals surface area contributed by atoms with Crippen molar-refractivity contribution in [3.63, 3.8) is 0 Å². The molecular formula is C18H22N2O6S. The fourth-order valence-corrected chi connectivity index (χ4v) is 3.94. The number of hydrogen-bond acceptors (Lipinski definition) is 6. The standard InChI is InChI=1S/C18H22N2O6S/c1-4-25-16-11-10-14(12-17(16)26-5-2)13(3)19-27(23,24)18-9-7-6-8-15(18)20(21)22/h6-13,19H,4-5H2,1-3H3/t13-/m0/s1. The number of benzene rings is 2. The van der Waals surface area contributed by atoms with Crippen molar-refractivity contribution in [3.05, 3.63) is 58.1 Å². The second kappa shape index (κ2) is 8.83. The Morgan fingerprint density at radius 3 is 2.33 bits per heavy atom. The van der Waals surface area contributed by atoms with Crippen LogP contribution in [-0.2, 0) is 10.0 Å². The molecule has 2 aromatic carbocycles. The molecule has 0 amide bonds. The first kappa shape index (κ1) is 20.7. The molecule has 2 aromatic rings. The van der Waals surface area contributed by atoms with E-state index in [1.807, 2.05) is 13.8 Å². The third-order valence-electron chi connectivity index (χ3n) is 3.75. The van der Waals surface area contributed by atoms with Gasteiger partial charge in [0.05, 0.1) is 18.1 Å². The summed E-state index contributed by atoms with van der Waals surface area (Å²) >= 11 is 0. The molecule has 2 rings (SSSR count). The summed E-state index contributed by atoms with van der Waals surface area (Å²) in [6.07, 6.45) is 0. The van der Waals surface area contributed by atoms with Crippen LogP contribution in [0.4, 0.5) is 5.69 Å². The largest absolute Gasteiger partial charge is 0.490 e. The van der Waals surface area contributed by atoms with Crippen LogP contribution < -0.4 is 14.2 Å². The predicted octanol–water partition coefficient (Wildman–Crippen LogP) is 3.43. The molecule has 0 fully saturated rings. The van der Waals surface area contributed by atoms with Crippen LogP contribution in [0.25, 0.3) is 0 Å². The molecule has 0 saturated carbocycles. The van der Waals surface area contributed by atoms with Crippen LogP contribution in [0.2, 0.25) is 0 Å². The third kappa shape index (κ3) is 4.95. The van der Waals surface area contributed by atoms with Gasteiger partial charge in [-0.1, -0.05) is 18.2 Å². The highest BCUT2D eigenvalue weighted by atomic mass is 32.2. The van der Waals surface area contributed by atoms with Gasteiger partial charge in [0, 0.05) is 12.1 Å². The Morgan fingerprint density at radius 1 is 1.07 bits per heavy atom. The summed E-state index contributed by atoms with van der Waals surface area (Å²) in [4.78, 5) is 10.0. The minimum atomic E-state index is -4.09. The summed E-state index contributed by atoms with van der Waals surface area (Å²) in [5.74, 6) is 1.07. The van der Waals surface area contributed by atoms with Crippen LogP contribution >= 0.6 is 0 Å². The molecule has 0 bridgehead atoms. The average Bonchev–Trinajstić information content (AvgIpc) is 2.63. The maximum Gasteiger partial charge on any atom is 0.289 e. The van der Waals surface area contributed by atoms with E-state index in [2.05, 4.69) is 4.72 Å². The van der Waals surface area contributed by atoms with Gasteiger partial charge in [-0.2, -0.15) is 0 Å². The van der Waals surface area contributed by atoms with E-state index in [9.17, 15) is 18.5 Å². The fourth-order valence-electron chi connectivity index (χ4n) is 2.54. The van der Waals surface area contributed by atoms with Crippen molar-refractivity contribution in [2.45, 2.75) is 31.7 Å². The van der Waals surface area contributed by atoms with Crippen LogP contribution in [-0.4, -0.2) is 26.6 Å². The SMILES string of the molecule is CCOc1ccc([C@H](C)NS(=O)(=O)c2ccccc2[N+](=O)[O-])cc1OCC. The van der Waals surface area contributed by atoms with Crippen LogP contribution in [0.3, 0.4) is 0 Å². The van der Waals surface area contributed by atoms with E-state index in [0.29, 0.717) is 30.3 Å². The molecule has 0 heterocycles. The Kier molecular flexibility index (Phi) is 6.75. The Morgan fingerprint density at radius 2 is 1.70 bits per heavy atom. The summed E-state index contributed by atoms with van der Waals surface area (Å²) in [7, 11) is -4.09. The summed E-state index contributed by atoms with van der Waals surface area (Å²) in [5.41, 5.74) is 0.169. The summed E-state index contributed by atoms with van der Waals surface area (Å²) < 4.78 is 38.8. The quantitative estimate of drug-likeness (QED) is 0.516. The third-order valence-corrected chi connectivity index (χ3v) is 5.34. The van der Waals surface area contributed by atoms with Crippen molar-refractivity contribution in [2.75, 3.05) is 13.2 Å². The van der Waals surface area contributed by atoms with Gasteiger partial charge in [0.1, 0.15) is 0 Å². The Balaban J connectivity index is 2.32. The molecule has 8 nitrogen and oxygen atoms in total. The van der Waals surface area contributed by atoms with Crippen molar-refractivity contribution < 1.29 is 22.8 Å². The maximum atomic E-state index is 12.6. The molecule has 146 valence electrons. The molecule has 0 unspecified atom stereocenters. The average molecular weight is 394 g/mol. The molecular weight excluding hydrogens is 372 g/mol. The molecule has 0 aliphatic rings. The highest BCUT2D eigenvalue weighted by Crippen LogP contribution is 2.32. The molecule has 0 saturated heterocycles. The number of para-hydroxylation sites is 1. The fraction of sp³-hybridized carbons (Fsp3) is 0.333. The minimum absolute atomic E-state index is 0.377. The van der Waals surface area contributed by atoms with E-state index in [1.54, 1.807) is 25.1 Å². The Hall–Kier alpha value is -2.65. The van der Waals surface area contributed by atoms with Crippen molar-refractivity contribution in [2.24, 2.45) is 0 Å². The maximum absolute atomic E-state index is 12.6. The number of hydrogen-bond donors (Lipinski definition) is 1. The first-order valence-corrected chi connectivity index (χ1v) is 9.93. The van der Waals surface area contributed by atoms with Crippen molar-refractivity contribution >= 4 is 15.7 Å². The number of nitro groups is 1. The van der Waals surface area contributed by atoms with Gasteiger partial charge in [-0.3, -0.25) is 10.1 Å². The van der Waals surface area contributed by atoms with E-state index in [0.717, 1.165) is 6.07 Å². The van der Waals surface area contributed by atoms with Crippen molar-refractivity contribution in [3.8, 4) is 11.5 Å². The zero-order valence-electron chi connectivity index (χ0n) is 15.3. The molecule has 0 spiro atoms. The Bertz CT molecular complexity index is 914. The number of ether oxygens (including phenoxy) is 2. The molecule has 0 aliphatic carbocycles. The van der Waals surface area contributed by atoms with Crippen LogP contribution in [0, 0.1) is 10.1 Å². The van der Waals surface area contributed by atoms with Gasteiger partial charge in [-0.25, -0.2) is 13.1 Å². The zero-order valence-corrected chi connectivity index (χ0v) is 16.2. The second-order valence-corrected chi connectivity index (χ2v) is 7.32. The van der Waals surface area contributed by atoms with E-state index >= 15 is 0 Å². The van der Waals surface area contributed by atoms with Crippen molar-refractivity contribution in [1.82, 2.24) is 4.72 Å². The molecule has 1 N–H and O–H groups in total. The molecule has 0 radical (unpaired) electrons. The van der Waals surface area contributed by atoms with Gasteiger partial charge in [-0.05, 0) is 44.5 Å². The van der Waals surface area contributed by atoms with Crippen LogP contribution in [0.1, 0.15) is 32.4 Å². The van der Waals surface area contributed by atoms with Crippen LogP contribution in [0.15, 0.2) is 47.4 Å². The van der Waals surface area contributed by atoms with E-state index in [-0.39, 0.29) is 4.90 Å². The summed E-state index contributed by atoms with van der Waals surface area (Å²) in [6.45, 7) is 6.24. The number of rotatable bonds is 9. The lowest BCUT2D eigenvalue weighted by atomic mass is 10.1. The first-order valence-electron chi connectivity index (χ1n) is 8.45. The lowest BCUT2D eigenvalue weighted by Gasteiger charge is -2.17. The van der Waals surface area contributed by atoms with Gasteiger partial charge in [-0.15, -0.1) is 0 Å². The Labute approximate surface area is 158 Å². The highest BCUT2D eigenvalue weighted by Gasteiger charge is 2.27. The van der Waals surface area contributed by atoms with Gasteiger partial charge >= 0.3 is 0 Å². The lowest BCUT2D eigenvalue weighted by molar-refractivity contribution is -0.387. The van der Waals surface area contributed by atoms with Gasteiger partial charge in [0.2, 0.25) is 10.0 Å². The van der Waals surface area contributed by atoms with Gasteiger partial charge in [0.25, 0.3) is 5.69 Å². The number of nitrogens with one attached hydrogen (secondary N) is 1. The van der Waals surface area contributed by atoms with Crippen molar-refractivity contribution in [1.29, 1.82) is 0 Å². The van der Waals surface area contributed by atoms with E-state index in [1.165, 1.54) is 18.2 Å². The monoisotopic (exact) mass is 394 g/mol. The zero-order chi connectivity index (χ0) is 20.0. The normalized spacial score (nSPS) is 12.4. The predicted molar refractivity (Wildman–Crippen MR) is 101 cm³/mol. The lowest BCUT2D eigenvalue weighted by Crippen LogP contribution is -2.27. The van der Waals surface area contributed by atoms with E-state index in [4.69, 9.17) is 9.47 Å². The van der Waals surface area contributed by atoms with Gasteiger partial charge < -0.3 is 9.47 Å². The second-order valence-electron chi connectivity index (χ2n) is 5.64. The number of nitrogens with zero attached hydrogens (tertiary/aromatic N) is 1. The molecule has 27 heavy (non-hydrogen) atoms. The number of sulfonamides is 1. The smallest absolute Gasteiger partial charge is 0.289 e. The highest BCUT2D eigenvalue weighted by molar-refractivity contribution is 7.89. The molecule has 1 atom stereocenters. The number of nitro benzene ring substituents is 1. The van der Waals surface area contributed by atoms with Gasteiger partial charge in [0.15, 0.2) is 16.4 Å². The van der Waals surface area contributed by atoms with Crippen LogP contribution in [0.5, 0.6) is 11.5 Å². The topological polar surface area (TPSA) is 108 Å². The molecule has 0 aromatic heterocycles.